The number of benzene rings is 3. The number of amides is 1. The minimum absolute atomic E-state index is 0.0471. The Morgan fingerprint density at radius 3 is 2.41 bits per heavy atom. The smallest absolute Gasteiger partial charge is 0.295 e. The zero-order valence-corrected chi connectivity index (χ0v) is 20.5. The maximum Gasteiger partial charge on any atom is 0.295 e. The molecular formula is C30H26N2O5. The molecule has 1 aromatic heterocycles. The van der Waals surface area contributed by atoms with Crippen molar-refractivity contribution in [1.82, 2.24) is 9.88 Å². The number of carbonyl (C=O) groups excluding carboxylic acids is 2. The van der Waals surface area contributed by atoms with Crippen LogP contribution in [0.25, 0.3) is 16.5 Å². The summed E-state index contributed by atoms with van der Waals surface area (Å²) in [6.45, 7) is 2.59. The van der Waals surface area contributed by atoms with Gasteiger partial charge in [-0.15, -0.1) is 0 Å². The van der Waals surface area contributed by atoms with Crippen LogP contribution in [0.5, 0.6) is 11.5 Å². The lowest BCUT2D eigenvalue weighted by Gasteiger charge is -2.25. The number of ketones is 1. The summed E-state index contributed by atoms with van der Waals surface area (Å²) in [5, 5.41) is 13.2. The molecule has 4 aromatic rings. The number of methoxy groups -OCH3 is 1. The molecule has 1 atom stereocenters. The molecule has 1 saturated heterocycles. The predicted octanol–water partition coefficient (Wildman–Crippen LogP) is 5.26. The van der Waals surface area contributed by atoms with Gasteiger partial charge < -0.3 is 19.5 Å². The number of rotatable bonds is 7. The van der Waals surface area contributed by atoms with Crippen LogP contribution in [0.4, 0.5) is 0 Å². The molecule has 0 saturated carbocycles. The van der Waals surface area contributed by atoms with E-state index >= 15 is 0 Å². The molecule has 0 spiro atoms. The van der Waals surface area contributed by atoms with E-state index in [1.165, 1.54) is 4.90 Å². The first-order valence-electron chi connectivity index (χ1n) is 12.0. The van der Waals surface area contributed by atoms with Crippen molar-refractivity contribution in [3.63, 3.8) is 0 Å². The average Bonchev–Trinajstić information content (AvgIpc) is 3.18. The molecule has 0 aliphatic carbocycles. The number of hydrogen-bond acceptors (Lipinski definition) is 6. The van der Waals surface area contributed by atoms with Crippen molar-refractivity contribution in [2.45, 2.75) is 19.5 Å². The molecule has 186 valence electrons. The summed E-state index contributed by atoms with van der Waals surface area (Å²) in [7, 11) is 1.60. The molecule has 1 fully saturated rings. The molecule has 5 rings (SSSR count). The first-order chi connectivity index (χ1) is 18.0. The average molecular weight is 495 g/mol. The van der Waals surface area contributed by atoms with E-state index in [1.54, 1.807) is 49.8 Å². The number of pyridine rings is 1. The molecule has 2 heterocycles. The zero-order valence-electron chi connectivity index (χ0n) is 20.5. The number of likely N-dealkylation sites (tertiary alicyclic amines) is 1. The molecule has 7 heteroatoms. The number of aliphatic hydroxyl groups excluding tert-OH is 1. The largest absolute Gasteiger partial charge is 0.507 e. The van der Waals surface area contributed by atoms with Crippen LogP contribution in [0.3, 0.4) is 0 Å². The summed E-state index contributed by atoms with van der Waals surface area (Å²) in [5.74, 6) is -0.213. The SMILES string of the molecule is CCOc1ccc(C2/C(=C(\O)c3ccc4cc(OC)ccc4c3)C(=O)C(=O)N2Cc2cccnc2)cc1. The van der Waals surface area contributed by atoms with E-state index in [0.29, 0.717) is 23.5 Å². The number of Topliss-reactive ketones (excluding diaryl/α,β-unsaturated/α-hetero) is 1. The number of fused-ring (bicyclic) bond motifs is 1. The highest BCUT2D eigenvalue weighted by Gasteiger charge is 2.46. The summed E-state index contributed by atoms with van der Waals surface area (Å²) in [4.78, 5) is 32.2. The Balaban J connectivity index is 1.62. The van der Waals surface area contributed by atoms with Gasteiger partial charge in [0.1, 0.15) is 17.3 Å². The normalized spacial score (nSPS) is 16.8. The van der Waals surface area contributed by atoms with Crippen LogP contribution in [-0.2, 0) is 16.1 Å². The molecule has 1 aliphatic heterocycles. The second-order valence-corrected chi connectivity index (χ2v) is 8.72. The fourth-order valence-electron chi connectivity index (χ4n) is 4.64. The standard InChI is InChI=1S/C30H26N2O5/c1-3-37-24-11-8-20(9-12-24)27-26(29(34)30(35)32(27)18-19-5-4-14-31-17-19)28(33)23-7-6-22-16-25(36-2)13-10-21(22)15-23/h4-17,27,33H,3,18H2,1-2H3/b28-26+. The third kappa shape index (κ3) is 4.63. The first-order valence-corrected chi connectivity index (χ1v) is 12.0. The van der Waals surface area contributed by atoms with Gasteiger partial charge >= 0.3 is 0 Å². The van der Waals surface area contributed by atoms with Gasteiger partial charge in [0, 0.05) is 24.5 Å². The van der Waals surface area contributed by atoms with Crippen molar-refractivity contribution < 1.29 is 24.2 Å². The third-order valence-electron chi connectivity index (χ3n) is 6.44. The van der Waals surface area contributed by atoms with Crippen molar-refractivity contribution in [1.29, 1.82) is 0 Å². The summed E-state index contributed by atoms with van der Waals surface area (Å²) in [5.41, 5.74) is 1.97. The van der Waals surface area contributed by atoms with Crippen molar-refractivity contribution in [2.75, 3.05) is 13.7 Å². The third-order valence-corrected chi connectivity index (χ3v) is 6.44. The van der Waals surface area contributed by atoms with Crippen LogP contribution >= 0.6 is 0 Å². The van der Waals surface area contributed by atoms with Crippen LogP contribution in [0, 0.1) is 0 Å². The Morgan fingerprint density at radius 1 is 0.973 bits per heavy atom. The van der Waals surface area contributed by atoms with Crippen molar-refractivity contribution >= 4 is 28.2 Å². The number of aliphatic hydroxyl groups is 1. The lowest BCUT2D eigenvalue weighted by Crippen LogP contribution is -2.29. The lowest BCUT2D eigenvalue weighted by atomic mass is 9.94. The first kappa shape index (κ1) is 24.1. The summed E-state index contributed by atoms with van der Waals surface area (Å²) in [6.07, 6.45) is 3.31. The van der Waals surface area contributed by atoms with Crippen molar-refractivity contribution in [2.24, 2.45) is 0 Å². The highest BCUT2D eigenvalue weighted by molar-refractivity contribution is 6.46. The van der Waals surface area contributed by atoms with Gasteiger partial charge in [-0.05, 0) is 65.2 Å². The van der Waals surface area contributed by atoms with Gasteiger partial charge in [-0.2, -0.15) is 0 Å². The fourth-order valence-corrected chi connectivity index (χ4v) is 4.64. The van der Waals surface area contributed by atoms with Crippen LogP contribution in [0.2, 0.25) is 0 Å². The van der Waals surface area contributed by atoms with Gasteiger partial charge in [-0.25, -0.2) is 0 Å². The Bertz CT molecular complexity index is 1500. The second kappa shape index (κ2) is 10.1. The molecule has 0 bridgehead atoms. The molecule has 7 nitrogen and oxygen atoms in total. The minimum atomic E-state index is -0.776. The van der Waals surface area contributed by atoms with E-state index in [4.69, 9.17) is 9.47 Å². The number of carbonyl (C=O) groups is 2. The molecule has 1 amide bonds. The Labute approximate surface area is 214 Å². The molecular weight excluding hydrogens is 468 g/mol. The quantitative estimate of drug-likeness (QED) is 0.214. The summed E-state index contributed by atoms with van der Waals surface area (Å²) < 4.78 is 10.9. The van der Waals surface area contributed by atoms with E-state index in [2.05, 4.69) is 4.98 Å². The van der Waals surface area contributed by atoms with E-state index < -0.39 is 17.7 Å². The van der Waals surface area contributed by atoms with Gasteiger partial charge in [0.25, 0.3) is 11.7 Å². The van der Waals surface area contributed by atoms with Gasteiger partial charge in [0.15, 0.2) is 0 Å². The van der Waals surface area contributed by atoms with Crippen LogP contribution in [0.15, 0.2) is 90.8 Å². The zero-order chi connectivity index (χ0) is 25.9. The van der Waals surface area contributed by atoms with E-state index in [0.717, 1.165) is 22.1 Å². The highest BCUT2D eigenvalue weighted by atomic mass is 16.5. The van der Waals surface area contributed by atoms with E-state index in [9.17, 15) is 14.7 Å². The van der Waals surface area contributed by atoms with Gasteiger partial charge in [0.05, 0.1) is 25.3 Å². The second-order valence-electron chi connectivity index (χ2n) is 8.72. The topological polar surface area (TPSA) is 89.0 Å². The maximum atomic E-state index is 13.4. The molecule has 3 aromatic carbocycles. The van der Waals surface area contributed by atoms with Crippen molar-refractivity contribution in [3.8, 4) is 11.5 Å². The lowest BCUT2D eigenvalue weighted by molar-refractivity contribution is -0.140. The molecule has 1 aliphatic rings. The number of ether oxygens (including phenoxy) is 2. The number of hydrogen-bond donors (Lipinski definition) is 1. The summed E-state index contributed by atoms with van der Waals surface area (Å²) >= 11 is 0. The Hall–Kier alpha value is -4.65. The van der Waals surface area contributed by atoms with Crippen molar-refractivity contribution in [3.05, 3.63) is 107 Å². The van der Waals surface area contributed by atoms with Gasteiger partial charge in [-0.3, -0.25) is 14.6 Å². The van der Waals surface area contributed by atoms with E-state index in [1.807, 2.05) is 49.4 Å². The van der Waals surface area contributed by atoms with Crippen LogP contribution in [-0.4, -0.2) is 40.4 Å². The molecule has 0 radical (unpaired) electrons. The predicted molar refractivity (Wildman–Crippen MR) is 140 cm³/mol. The molecule has 37 heavy (non-hydrogen) atoms. The van der Waals surface area contributed by atoms with Gasteiger partial charge in [-0.1, -0.05) is 36.4 Å². The maximum absolute atomic E-state index is 13.4. The summed E-state index contributed by atoms with van der Waals surface area (Å²) in [6, 6.07) is 21.1. The molecule has 1 N–H and O–H groups in total. The fraction of sp³-hybridized carbons (Fsp3) is 0.167. The Kier molecular flexibility index (Phi) is 6.60. The number of aromatic nitrogens is 1. The van der Waals surface area contributed by atoms with E-state index in [-0.39, 0.29) is 17.9 Å². The van der Waals surface area contributed by atoms with Crippen LogP contribution in [0.1, 0.15) is 29.7 Å². The monoisotopic (exact) mass is 494 g/mol. The Morgan fingerprint density at radius 2 is 1.70 bits per heavy atom. The van der Waals surface area contributed by atoms with Gasteiger partial charge in [0.2, 0.25) is 0 Å². The van der Waals surface area contributed by atoms with Crippen LogP contribution < -0.4 is 9.47 Å². The number of nitrogens with zero attached hydrogens (tertiary/aromatic N) is 2. The highest BCUT2D eigenvalue weighted by Crippen LogP contribution is 2.41. The minimum Gasteiger partial charge on any atom is -0.507 e. The molecule has 1 unspecified atom stereocenters.